The molecule has 2 heterocycles. The summed E-state index contributed by atoms with van der Waals surface area (Å²) in [5, 5.41) is 8.07. The van der Waals surface area contributed by atoms with Crippen LogP contribution in [0.1, 0.15) is 24.6 Å². The Hall–Kier alpha value is -2.77. The van der Waals surface area contributed by atoms with Gasteiger partial charge in [0.15, 0.2) is 5.65 Å². The Morgan fingerprint density at radius 2 is 1.81 bits per heavy atom. The lowest BCUT2D eigenvalue weighted by Crippen LogP contribution is -2.16. The number of halogens is 3. The molecule has 138 valence electrons. The molecule has 0 N–H and O–H groups in total. The zero-order valence-electron chi connectivity index (χ0n) is 14.6. The van der Waals surface area contributed by atoms with Crippen molar-refractivity contribution in [2.24, 2.45) is 0 Å². The molecule has 0 saturated heterocycles. The molecule has 0 spiro atoms. The molecule has 5 nitrogen and oxygen atoms in total. The maximum Gasteiger partial charge on any atom is 0.573 e. The lowest BCUT2D eigenvalue weighted by atomic mass is 10.0. The molecule has 3 rings (SSSR count). The molecule has 3 aromatic rings. The van der Waals surface area contributed by atoms with Gasteiger partial charge in [0, 0.05) is 16.8 Å². The summed E-state index contributed by atoms with van der Waals surface area (Å²) in [4.78, 5) is 0. The summed E-state index contributed by atoms with van der Waals surface area (Å²) in [5.74, 6) is 0.395. The normalized spacial score (nSPS) is 11.8. The fourth-order valence-electron chi connectivity index (χ4n) is 2.86. The van der Waals surface area contributed by atoms with Crippen molar-refractivity contribution in [3.8, 4) is 22.6 Å². The number of benzene rings is 1. The summed E-state index contributed by atoms with van der Waals surface area (Å²) in [5.41, 5.74) is 3.87. The number of pyridine rings is 1. The van der Waals surface area contributed by atoms with Gasteiger partial charge in [-0.05, 0) is 38.0 Å². The first kappa shape index (κ1) is 18.0. The zero-order chi connectivity index (χ0) is 18.9. The van der Waals surface area contributed by atoms with Crippen molar-refractivity contribution in [3.63, 3.8) is 0 Å². The standard InChI is InChI=1S/C18H18F3N3O2/c1-4-9-25-16-11(2)17-23-22-10-24(17)12(3)15(16)13-5-7-14(8-6-13)26-18(19,20)21/h5-8,10H,4,9H2,1-3H3. The Morgan fingerprint density at radius 3 is 2.42 bits per heavy atom. The number of hydrogen-bond donors (Lipinski definition) is 0. The van der Waals surface area contributed by atoms with Crippen molar-refractivity contribution < 1.29 is 22.6 Å². The number of alkyl halides is 3. The number of ether oxygens (including phenoxy) is 2. The molecule has 0 fully saturated rings. The Bertz CT molecular complexity index is 918. The first-order valence-electron chi connectivity index (χ1n) is 8.13. The van der Waals surface area contributed by atoms with Gasteiger partial charge >= 0.3 is 6.36 Å². The largest absolute Gasteiger partial charge is 0.573 e. The van der Waals surface area contributed by atoms with E-state index < -0.39 is 6.36 Å². The van der Waals surface area contributed by atoms with Crippen molar-refractivity contribution in [2.75, 3.05) is 6.61 Å². The summed E-state index contributed by atoms with van der Waals surface area (Å²) >= 11 is 0. The molecule has 0 aliphatic carbocycles. The third-order valence-electron chi connectivity index (χ3n) is 4.00. The zero-order valence-corrected chi connectivity index (χ0v) is 14.6. The number of rotatable bonds is 5. The van der Waals surface area contributed by atoms with Gasteiger partial charge in [0.25, 0.3) is 0 Å². The molecular formula is C18H18F3N3O2. The smallest absolute Gasteiger partial charge is 0.492 e. The summed E-state index contributed by atoms with van der Waals surface area (Å²) in [6, 6.07) is 5.74. The Balaban J connectivity index is 2.12. The highest BCUT2D eigenvalue weighted by Gasteiger charge is 2.31. The van der Waals surface area contributed by atoms with Crippen molar-refractivity contribution in [1.82, 2.24) is 14.6 Å². The Labute approximate surface area is 148 Å². The highest BCUT2D eigenvalue weighted by molar-refractivity contribution is 5.78. The van der Waals surface area contributed by atoms with Crippen molar-refractivity contribution in [1.29, 1.82) is 0 Å². The van der Waals surface area contributed by atoms with Crippen LogP contribution in [0.4, 0.5) is 13.2 Å². The Morgan fingerprint density at radius 1 is 1.12 bits per heavy atom. The van der Waals surface area contributed by atoms with Gasteiger partial charge in [-0.15, -0.1) is 23.4 Å². The van der Waals surface area contributed by atoms with Gasteiger partial charge in [-0.2, -0.15) is 0 Å². The SMILES string of the molecule is CCCOc1c(-c2ccc(OC(F)(F)F)cc2)c(C)n2cnnc2c1C. The minimum absolute atomic E-state index is 0.267. The maximum absolute atomic E-state index is 12.4. The van der Waals surface area contributed by atoms with Crippen LogP contribution in [0.5, 0.6) is 11.5 Å². The van der Waals surface area contributed by atoms with Crippen LogP contribution >= 0.6 is 0 Å². The Kier molecular flexibility index (Phi) is 4.76. The summed E-state index contributed by atoms with van der Waals surface area (Å²) in [7, 11) is 0. The number of aromatic nitrogens is 3. The highest BCUT2D eigenvalue weighted by Crippen LogP contribution is 2.38. The molecule has 0 bridgehead atoms. The third kappa shape index (κ3) is 3.44. The fraction of sp³-hybridized carbons (Fsp3) is 0.333. The van der Waals surface area contributed by atoms with E-state index in [0.29, 0.717) is 18.0 Å². The van der Waals surface area contributed by atoms with Crippen molar-refractivity contribution >= 4 is 5.65 Å². The molecule has 0 amide bonds. The van der Waals surface area contributed by atoms with E-state index in [1.54, 1.807) is 18.5 Å². The van der Waals surface area contributed by atoms with E-state index >= 15 is 0 Å². The predicted molar refractivity (Wildman–Crippen MR) is 90.4 cm³/mol. The van der Waals surface area contributed by atoms with E-state index in [2.05, 4.69) is 14.9 Å². The first-order chi connectivity index (χ1) is 12.3. The number of nitrogens with zero attached hydrogens (tertiary/aromatic N) is 3. The fourth-order valence-corrected chi connectivity index (χ4v) is 2.86. The van der Waals surface area contributed by atoms with Gasteiger partial charge in [-0.25, -0.2) is 0 Å². The second-order valence-electron chi connectivity index (χ2n) is 5.86. The van der Waals surface area contributed by atoms with Crippen LogP contribution in [-0.4, -0.2) is 27.6 Å². The van der Waals surface area contributed by atoms with Crippen LogP contribution in [0.2, 0.25) is 0 Å². The first-order valence-corrected chi connectivity index (χ1v) is 8.13. The number of hydrogen-bond acceptors (Lipinski definition) is 4. The van der Waals surface area contributed by atoms with Gasteiger partial charge in [-0.1, -0.05) is 19.1 Å². The minimum Gasteiger partial charge on any atom is -0.492 e. The van der Waals surface area contributed by atoms with E-state index in [-0.39, 0.29) is 5.75 Å². The molecule has 0 radical (unpaired) electrons. The van der Waals surface area contributed by atoms with Crippen LogP contribution < -0.4 is 9.47 Å². The number of aryl methyl sites for hydroxylation is 2. The van der Waals surface area contributed by atoms with E-state index in [1.165, 1.54) is 12.1 Å². The van der Waals surface area contributed by atoms with Gasteiger partial charge in [0.1, 0.15) is 17.8 Å². The van der Waals surface area contributed by atoms with Gasteiger partial charge in [0.05, 0.1) is 6.61 Å². The average Bonchev–Trinajstić information content (AvgIpc) is 3.07. The van der Waals surface area contributed by atoms with Crippen LogP contribution in [-0.2, 0) is 0 Å². The van der Waals surface area contributed by atoms with Gasteiger partial charge in [-0.3, -0.25) is 4.40 Å². The van der Waals surface area contributed by atoms with E-state index in [9.17, 15) is 13.2 Å². The molecular weight excluding hydrogens is 347 g/mol. The predicted octanol–water partition coefficient (Wildman–Crippen LogP) is 4.70. The van der Waals surface area contributed by atoms with Gasteiger partial charge in [0.2, 0.25) is 0 Å². The maximum atomic E-state index is 12.4. The topological polar surface area (TPSA) is 48.7 Å². The summed E-state index contributed by atoms with van der Waals surface area (Å²) in [6.45, 7) is 6.30. The molecule has 0 saturated carbocycles. The molecule has 0 aliphatic rings. The molecule has 1 aromatic carbocycles. The van der Waals surface area contributed by atoms with E-state index in [0.717, 1.165) is 28.8 Å². The van der Waals surface area contributed by atoms with E-state index in [4.69, 9.17) is 4.74 Å². The van der Waals surface area contributed by atoms with Gasteiger partial charge < -0.3 is 9.47 Å². The quantitative estimate of drug-likeness (QED) is 0.658. The highest BCUT2D eigenvalue weighted by atomic mass is 19.4. The van der Waals surface area contributed by atoms with E-state index in [1.807, 2.05) is 25.2 Å². The third-order valence-corrected chi connectivity index (χ3v) is 4.00. The minimum atomic E-state index is -4.72. The summed E-state index contributed by atoms with van der Waals surface area (Å²) in [6.07, 6.45) is -2.29. The molecule has 2 aromatic heterocycles. The van der Waals surface area contributed by atoms with Crippen LogP contribution in [0.25, 0.3) is 16.8 Å². The molecule has 0 aliphatic heterocycles. The molecule has 0 unspecified atom stereocenters. The molecule has 26 heavy (non-hydrogen) atoms. The van der Waals surface area contributed by atoms with Crippen LogP contribution in [0.3, 0.4) is 0 Å². The van der Waals surface area contributed by atoms with Crippen molar-refractivity contribution in [2.45, 2.75) is 33.6 Å². The monoisotopic (exact) mass is 365 g/mol. The second kappa shape index (κ2) is 6.86. The lowest BCUT2D eigenvalue weighted by Gasteiger charge is -2.18. The molecule has 8 heteroatoms. The van der Waals surface area contributed by atoms with Crippen molar-refractivity contribution in [3.05, 3.63) is 41.9 Å². The number of fused-ring (bicyclic) bond motifs is 1. The van der Waals surface area contributed by atoms with Crippen LogP contribution in [0.15, 0.2) is 30.6 Å². The lowest BCUT2D eigenvalue weighted by molar-refractivity contribution is -0.274. The average molecular weight is 365 g/mol. The summed E-state index contributed by atoms with van der Waals surface area (Å²) < 4.78 is 48.8. The van der Waals surface area contributed by atoms with Crippen LogP contribution in [0, 0.1) is 13.8 Å². The molecule has 0 atom stereocenters. The second-order valence-corrected chi connectivity index (χ2v) is 5.86.